The maximum absolute atomic E-state index is 6.57. The lowest BCUT2D eigenvalue weighted by atomic mass is 9.98. The summed E-state index contributed by atoms with van der Waals surface area (Å²) in [7, 11) is 0. The van der Waals surface area contributed by atoms with E-state index < -0.39 is 0 Å². The van der Waals surface area contributed by atoms with Gasteiger partial charge < -0.3 is 0 Å². The van der Waals surface area contributed by atoms with Crippen LogP contribution in [0.1, 0.15) is 27.6 Å². The molecule has 2 aromatic carbocycles. The lowest BCUT2D eigenvalue weighted by Crippen LogP contribution is -1.98. The molecule has 1 unspecified atom stereocenters. The molecule has 0 nitrogen and oxygen atoms in total. The third-order valence-electron chi connectivity index (χ3n) is 3.06. The zero-order valence-electron chi connectivity index (χ0n) is 10.5. The molecule has 1 atom stereocenters. The highest BCUT2D eigenvalue weighted by atomic mass is 79.9. The molecule has 0 fully saturated rings. The van der Waals surface area contributed by atoms with Crippen molar-refractivity contribution in [3.8, 4) is 0 Å². The van der Waals surface area contributed by atoms with Gasteiger partial charge in [0.15, 0.2) is 0 Å². The van der Waals surface area contributed by atoms with Crippen LogP contribution in [-0.4, -0.2) is 0 Å². The summed E-state index contributed by atoms with van der Waals surface area (Å²) in [6.45, 7) is 3.99. The summed E-state index contributed by atoms with van der Waals surface area (Å²) in [5.41, 5.74) is 4.13. The van der Waals surface area contributed by atoms with E-state index in [9.17, 15) is 0 Å². The maximum atomic E-state index is 6.57. The van der Waals surface area contributed by atoms with E-state index >= 15 is 0 Å². The van der Waals surface area contributed by atoms with E-state index in [1.807, 2.05) is 44.2 Å². The molecule has 0 heterocycles. The average Bonchev–Trinajstić information content (AvgIpc) is 2.36. The Kier molecular flexibility index (Phi) is 4.84. The zero-order chi connectivity index (χ0) is 14.2. The SMILES string of the molecule is Cc1cc(C(Cl)c2ccc(Br)c(Cl)c2)c(C)cc1Cl. The molecule has 0 saturated carbocycles. The summed E-state index contributed by atoms with van der Waals surface area (Å²) in [5.74, 6) is 0. The number of benzene rings is 2. The summed E-state index contributed by atoms with van der Waals surface area (Å²) in [6.07, 6.45) is 0. The molecule has 0 saturated heterocycles. The second kappa shape index (κ2) is 6.05. The van der Waals surface area contributed by atoms with Gasteiger partial charge in [0.1, 0.15) is 0 Å². The molecule has 4 heteroatoms. The minimum absolute atomic E-state index is 0.235. The maximum Gasteiger partial charge on any atom is 0.0838 e. The number of halogens is 4. The highest BCUT2D eigenvalue weighted by Gasteiger charge is 2.15. The molecule has 0 aliphatic heterocycles. The monoisotopic (exact) mass is 376 g/mol. The van der Waals surface area contributed by atoms with Crippen LogP contribution in [0.3, 0.4) is 0 Å². The van der Waals surface area contributed by atoms with Crippen molar-refractivity contribution in [2.24, 2.45) is 0 Å². The van der Waals surface area contributed by atoms with Gasteiger partial charge in [-0.2, -0.15) is 0 Å². The van der Waals surface area contributed by atoms with Crippen molar-refractivity contribution in [2.75, 3.05) is 0 Å². The van der Waals surface area contributed by atoms with Crippen LogP contribution in [0.5, 0.6) is 0 Å². The molecule has 0 aliphatic rings. The van der Waals surface area contributed by atoms with Crippen molar-refractivity contribution < 1.29 is 0 Å². The van der Waals surface area contributed by atoms with E-state index in [4.69, 9.17) is 34.8 Å². The Morgan fingerprint density at radius 1 is 0.947 bits per heavy atom. The number of alkyl halides is 1. The van der Waals surface area contributed by atoms with E-state index in [2.05, 4.69) is 15.9 Å². The number of rotatable bonds is 2. The normalized spacial score (nSPS) is 12.5. The van der Waals surface area contributed by atoms with Crippen LogP contribution in [0.15, 0.2) is 34.8 Å². The Morgan fingerprint density at radius 2 is 1.63 bits per heavy atom. The Morgan fingerprint density at radius 3 is 2.26 bits per heavy atom. The second-order valence-corrected chi connectivity index (χ2v) is 6.60. The van der Waals surface area contributed by atoms with Gasteiger partial charge in [-0.1, -0.05) is 35.3 Å². The van der Waals surface area contributed by atoms with E-state index in [0.29, 0.717) is 5.02 Å². The van der Waals surface area contributed by atoms with E-state index in [-0.39, 0.29) is 5.38 Å². The van der Waals surface area contributed by atoms with Gasteiger partial charge in [-0.05, 0) is 70.2 Å². The summed E-state index contributed by atoms with van der Waals surface area (Å²) in [6, 6.07) is 9.74. The first-order valence-electron chi connectivity index (χ1n) is 5.76. The zero-order valence-corrected chi connectivity index (χ0v) is 14.3. The number of hydrogen-bond donors (Lipinski definition) is 0. The Hall–Kier alpha value is -0.210. The fourth-order valence-corrected chi connectivity index (χ4v) is 2.95. The largest absolute Gasteiger partial charge is 0.113 e. The average molecular weight is 379 g/mol. The third-order valence-corrected chi connectivity index (χ3v) is 5.18. The quantitative estimate of drug-likeness (QED) is 0.510. The first-order valence-corrected chi connectivity index (χ1v) is 7.74. The highest BCUT2D eigenvalue weighted by molar-refractivity contribution is 9.10. The topological polar surface area (TPSA) is 0 Å². The molecule has 0 spiro atoms. The second-order valence-electron chi connectivity index (χ2n) is 4.49. The molecule has 0 bridgehead atoms. The number of aryl methyl sites for hydroxylation is 2. The molecule has 100 valence electrons. The summed E-state index contributed by atoms with van der Waals surface area (Å²) >= 11 is 22.2. The van der Waals surface area contributed by atoms with Crippen LogP contribution in [0.2, 0.25) is 10.0 Å². The molecular weight excluding hydrogens is 366 g/mol. The van der Waals surface area contributed by atoms with Crippen molar-refractivity contribution in [1.82, 2.24) is 0 Å². The van der Waals surface area contributed by atoms with Crippen molar-refractivity contribution in [3.05, 3.63) is 67.1 Å². The van der Waals surface area contributed by atoms with Gasteiger partial charge in [0.2, 0.25) is 0 Å². The fourth-order valence-electron chi connectivity index (χ4n) is 1.93. The molecule has 2 aromatic rings. The van der Waals surface area contributed by atoms with Crippen molar-refractivity contribution in [3.63, 3.8) is 0 Å². The van der Waals surface area contributed by atoms with Crippen LogP contribution < -0.4 is 0 Å². The van der Waals surface area contributed by atoms with E-state index in [1.165, 1.54) is 0 Å². The number of hydrogen-bond acceptors (Lipinski definition) is 0. The molecule has 19 heavy (non-hydrogen) atoms. The minimum atomic E-state index is -0.235. The van der Waals surface area contributed by atoms with E-state index in [1.54, 1.807) is 0 Å². The van der Waals surface area contributed by atoms with Crippen LogP contribution in [0.4, 0.5) is 0 Å². The van der Waals surface area contributed by atoms with Crippen molar-refractivity contribution in [1.29, 1.82) is 0 Å². The van der Waals surface area contributed by atoms with Crippen LogP contribution in [0, 0.1) is 13.8 Å². The van der Waals surface area contributed by atoms with Gasteiger partial charge in [-0.25, -0.2) is 0 Å². The first-order chi connectivity index (χ1) is 8.90. The van der Waals surface area contributed by atoms with Crippen LogP contribution >= 0.6 is 50.7 Å². The lowest BCUT2D eigenvalue weighted by molar-refractivity contribution is 1.10. The van der Waals surface area contributed by atoms with Gasteiger partial charge in [0, 0.05) is 9.50 Å². The first kappa shape index (κ1) is 15.2. The summed E-state index contributed by atoms with van der Waals surface area (Å²) in [5, 5.41) is 1.19. The van der Waals surface area contributed by atoms with Gasteiger partial charge in [-0.3, -0.25) is 0 Å². The molecule has 2 rings (SSSR count). The van der Waals surface area contributed by atoms with Gasteiger partial charge >= 0.3 is 0 Å². The predicted molar refractivity (Wildman–Crippen MR) is 87.8 cm³/mol. The molecule has 0 amide bonds. The smallest absolute Gasteiger partial charge is 0.0838 e. The lowest BCUT2D eigenvalue weighted by Gasteiger charge is -2.15. The van der Waals surface area contributed by atoms with Crippen molar-refractivity contribution >= 4 is 50.7 Å². The Labute approximate surface area is 136 Å². The molecule has 0 aromatic heterocycles. The van der Waals surface area contributed by atoms with Crippen LogP contribution in [-0.2, 0) is 0 Å². The molecular formula is C15H12BrCl3. The van der Waals surface area contributed by atoms with Crippen molar-refractivity contribution in [2.45, 2.75) is 19.2 Å². The van der Waals surface area contributed by atoms with Gasteiger partial charge in [0.05, 0.1) is 10.4 Å². The Balaban J connectivity index is 2.46. The predicted octanol–water partition coefficient (Wildman–Crippen LogP) is 6.70. The summed E-state index contributed by atoms with van der Waals surface area (Å²) < 4.78 is 0.866. The van der Waals surface area contributed by atoms with Gasteiger partial charge in [0.25, 0.3) is 0 Å². The van der Waals surface area contributed by atoms with Gasteiger partial charge in [-0.15, -0.1) is 11.6 Å². The minimum Gasteiger partial charge on any atom is -0.113 e. The Bertz CT molecular complexity index is 623. The fraction of sp³-hybridized carbons (Fsp3) is 0.200. The van der Waals surface area contributed by atoms with E-state index in [0.717, 1.165) is 31.7 Å². The molecule has 0 aliphatic carbocycles. The third kappa shape index (κ3) is 3.28. The standard InChI is InChI=1S/C15H12BrCl3/c1-8-6-13(17)9(2)5-11(8)15(19)10-3-4-12(16)14(18)7-10/h3-7,15H,1-2H3. The molecule has 0 radical (unpaired) electrons. The van der Waals surface area contributed by atoms with Crippen LogP contribution in [0.25, 0.3) is 0 Å². The molecule has 0 N–H and O–H groups in total. The highest BCUT2D eigenvalue weighted by Crippen LogP contribution is 2.36. The summed E-state index contributed by atoms with van der Waals surface area (Å²) in [4.78, 5) is 0.